The summed E-state index contributed by atoms with van der Waals surface area (Å²) >= 11 is 1.74. The molecule has 1 amide bonds. The molecule has 0 unspecified atom stereocenters. The van der Waals surface area contributed by atoms with Gasteiger partial charge in [0.1, 0.15) is 5.75 Å². The highest BCUT2D eigenvalue weighted by molar-refractivity contribution is 7.98. The average Bonchev–Trinajstić information content (AvgIpc) is 2.60. The van der Waals surface area contributed by atoms with Gasteiger partial charge in [-0.05, 0) is 61.3 Å². The molecule has 1 aromatic carbocycles. The number of rotatable bonds is 7. The molecule has 128 valence electrons. The van der Waals surface area contributed by atoms with Crippen LogP contribution in [-0.2, 0) is 11.2 Å². The van der Waals surface area contributed by atoms with Crippen molar-refractivity contribution in [1.82, 2.24) is 4.90 Å². The number of hydrogen-bond donors (Lipinski definition) is 1. The number of methoxy groups -OCH3 is 1. The molecule has 1 heterocycles. The smallest absolute Gasteiger partial charge is 0.239 e. The lowest BCUT2D eigenvalue weighted by Gasteiger charge is -2.33. The number of nitrogens with two attached hydrogens (primary N) is 1. The Balaban J connectivity index is 1.77. The van der Waals surface area contributed by atoms with Crippen molar-refractivity contribution in [3.8, 4) is 5.75 Å². The van der Waals surface area contributed by atoms with Gasteiger partial charge in [0.25, 0.3) is 0 Å². The predicted molar refractivity (Wildman–Crippen MR) is 97.0 cm³/mol. The van der Waals surface area contributed by atoms with E-state index >= 15 is 0 Å². The molecule has 23 heavy (non-hydrogen) atoms. The zero-order chi connectivity index (χ0) is 16.7. The van der Waals surface area contributed by atoms with Crippen LogP contribution in [-0.4, -0.2) is 49.1 Å². The van der Waals surface area contributed by atoms with Gasteiger partial charge in [-0.1, -0.05) is 12.1 Å². The molecule has 0 saturated carbocycles. The van der Waals surface area contributed by atoms with Crippen molar-refractivity contribution in [1.29, 1.82) is 0 Å². The number of benzene rings is 1. The molecule has 0 aliphatic carbocycles. The largest absolute Gasteiger partial charge is 0.497 e. The number of likely N-dealkylation sites (tertiary alicyclic amines) is 1. The SMILES string of the molecule is COc1ccc(CC2CCN(C(=O)[C@@H](N)CCSC)CC2)cc1. The third kappa shape index (κ3) is 5.43. The van der Waals surface area contributed by atoms with Crippen LogP contribution in [0.1, 0.15) is 24.8 Å². The van der Waals surface area contributed by atoms with Crippen molar-refractivity contribution in [3.63, 3.8) is 0 Å². The van der Waals surface area contributed by atoms with Gasteiger partial charge in [0, 0.05) is 13.1 Å². The van der Waals surface area contributed by atoms with Crippen LogP contribution in [0.4, 0.5) is 0 Å². The summed E-state index contributed by atoms with van der Waals surface area (Å²) in [7, 11) is 1.69. The first-order chi connectivity index (χ1) is 11.1. The van der Waals surface area contributed by atoms with Crippen LogP contribution in [0.3, 0.4) is 0 Å². The van der Waals surface area contributed by atoms with Crippen LogP contribution in [0.5, 0.6) is 5.75 Å². The van der Waals surface area contributed by atoms with Crippen LogP contribution in [0.25, 0.3) is 0 Å². The van der Waals surface area contributed by atoms with E-state index in [-0.39, 0.29) is 11.9 Å². The van der Waals surface area contributed by atoms with Crippen LogP contribution >= 0.6 is 11.8 Å². The first-order valence-corrected chi connectivity index (χ1v) is 9.69. The lowest BCUT2D eigenvalue weighted by atomic mass is 9.90. The van der Waals surface area contributed by atoms with Gasteiger partial charge in [0.2, 0.25) is 5.91 Å². The van der Waals surface area contributed by atoms with Crippen LogP contribution in [0, 0.1) is 5.92 Å². The molecule has 1 aliphatic heterocycles. The van der Waals surface area contributed by atoms with Gasteiger partial charge in [-0.15, -0.1) is 0 Å². The van der Waals surface area contributed by atoms with E-state index in [4.69, 9.17) is 10.5 Å². The molecule has 1 aromatic rings. The van der Waals surface area contributed by atoms with Gasteiger partial charge in [-0.3, -0.25) is 4.79 Å². The maximum Gasteiger partial charge on any atom is 0.239 e. The number of carbonyl (C=O) groups excluding carboxylic acids is 1. The molecule has 1 fully saturated rings. The number of ether oxygens (including phenoxy) is 1. The van der Waals surface area contributed by atoms with Crippen molar-refractivity contribution in [3.05, 3.63) is 29.8 Å². The Morgan fingerprint density at radius 1 is 1.35 bits per heavy atom. The fourth-order valence-corrected chi connectivity index (χ4v) is 3.54. The normalized spacial score (nSPS) is 17.1. The van der Waals surface area contributed by atoms with E-state index in [0.29, 0.717) is 5.92 Å². The Labute approximate surface area is 143 Å². The number of nitrogens with zero attached hydrogens (tertiary/aromatic N) is 1. The predicted octanol–water partition coefficient (Wildman–Crippen LogP) is 2.56. The van der Waals surface area contributed by atoms with Gasteiger partial charge in [0.15, 0.2) is 0 Å². The monoisotopic (exact) mass is 336 g/mol. The van der Waals surface area contributed by atoms with Crippen molar-refractivity contribution in [2.45, 2.75) is 31.7 Å². The number of amides is 1. The molecule has 1 saturated heterocycles. The summed E-state index contributed by atoms with van der Waals surface area (Å²) < 4.78 is 5.19. The second-order valence-corrected chi connectivity index (χ2v) is 7.19. The highest BCUT2D eigenvalue weighted by atomic mass is 32.2. The van der Waals surface area contributed by atoms with Gasteiger partial charge in [-0.2, -0.15) is 11.8 Å². The zero-order valence-electron chi connectivity index (χ0n) is 14.2. The standard InChI is InChI=1S/C18H28N2O2S/c1-22-16-5-3-14(4-6-16)13-15-7-10-20(11-8-15)18(21)17(19)9-12-23-2/h3-6,15,17H,7-13,19H2,1-2H3/t17-/m0/s1. The molecular weight excluding hydrogens is 308 g/mol. The number of thioether (sulfide) groups is 1. The van der Waals surface area contributed by atoms with E-state index < -0.39 is 0 Å². The maximum absolute atomic E-state index is 12.3. The highest BCUT2D eigenvalue weighted by Crippen LogP contribution is 2.23. The summed E-state index contributed by atoms with van der Waals surface area (Å²) in [5.74, 6) is 2.62. The Bertz CT molecular complexity index is 484. The van der Waals surface area contributed by atoms with Crippen LogP contribution < -0.4 is 10.5 Å². The summed E-state index contributed by atoms with van der Waals surface area (Å²) in [5, 5.41) is 0. The molecule has 1 aliphatic rings. The number of piperidine rings is 1. The van der Waals surface area contributed by atoms with Crippen LogP contribution in [0.15, 0.2) is 24.3 Å². The van der Waals surface area contributed by atoms with Gasteiger partial charge >= 0.3 is 0 Å². The minimum Gasteiger partial charge on any atom is -0.497 e. The molecule has 2 N–H and O–H groups in total. The van der Waals surface area contributed by atoms with Gasteiger partial charge in [-0.25, -0.2) is 0 Å². The first kappa shape index (κ1) is 18.1. The minimum absolute atomic E-state index is 0.127. The second-order valence-electron chi connectivity index (χ2n) is 6.21. The summed E-state index contributed by atoms with van der Waals surface area (Å²) in [6.07, 6.45) is 6.01. The fourth-order valence-electron chi connectivity index (χ4n) is 3.06. The van der Waals surface area contributed by atoms with Crippen molar-refractivity contribution in [2.24, 2.45) is 11.7 Å². The minimum atomic E-state index is -0.333. The molecule has 4 nitrogen and oxygen atoms in total. The quantitative estimate of drug-likeness (QED) is 0.831. The number of hydrogen-bond acceptors (Lipinski definition) is 4. The van der Waals surface area contributed by atoms with E-state index in [2.05, 4.69) is 12.1 Å². The summed E-state index contributed by atoms with van der Waals surface area (Å²) in [6.45, 7) is 1.68. The van der Waals surface area contributed by atoms with Gasteiger partial charge in [0.05, 0.1) is 13.2 Å². The molecule has 1 atom stereocenters. The van der Waals surface area contributed by atoms with E-state index in [0.717, 1.165) is 50.3 Å². The maximum atomic E-state index is 12.3. The topological polar surface area (TPSA) is 55.6 Å². The molecule has 0 bridgehead atoms. The molecule has 0 spiro atoms. The first-order valence-electron chi connectivity index (χ1n) is 8.30. The lowest BCUT2D eigenvalue weighted by molar-refractivity contribution is -0.134. The Hall–Kier alpha value is -1.20. The van der Waals surface area contributed by atoms with Gasteiger partial charge < -0.3 is 15.4 Å². The molecule has 0 radical (unpaired) electrons. The molecule has 5 heteroatoms. The summed E-state index contributed by atoms with van der Waals surface area (Å²) in [5.41, 5.74) is 7.34. The van der Waals surface area contributed by atoms with E-state index in [1.807, 2.05) is 23.3 Å². The van der Waals surface area contributed by atoms with Crippen molar-refractivity contribution in [2.75, 3.05) is 32.2 Å². The fraction of sp³-hybridized carbons (Fsp3) is 0.611. The molecular formula is C18H28N2O2S. The third-order valence-corrected chi connectivity index (χ3v) is 5.20. The van der Waals surface area contributed by atoms with Crippen LogP contribution in [0.2, 0.25) is 0 Å². The third-order valence-electron chi connectivity index (χ3n) is 4.56. The van der Waals surface area contributed by atoms with E-state index in [1.165, 1.54) is 5.56 Å². The van der Waals surface area contributed by atoms with E-state index in [1.54, 1.807) is 18.9 Å². The molecule has 2 rings (SSSR count). The van der Waals surface area contributed by atoms with E-state index in [9.17, 15) is 4.79 Å². The summed E-state index contributed by atoms with van der Waals surface area (Å²) in [6, 6.07) is 7.96. The number of carbonyl (C=O) groups is 1. The lowest BCUT2D eigenvalue weighted by Crippen LogP contribution is -2.47. The highest BCUT2D eigenvalue weighted by Gasteiger charge is 2.26. The summed E-state index contributed by atoms with van der Waals surface area (Å²) in [4.78, 5) is 14.3. The second kappa shape index (κ2) is 9.18. The average molecular weight is 337 g/mol. The Morgan fingerprint density at radius 3 is 2.57 bits per heavy atom. The van der Waals surface area contributed by atoms with Crippen molar-refractivity contribution < 1.29 is 9.53 Å². The Morgan fingerprint density at radius 2 is 2.00 bits per heavy atom. The Kier molecular flexibility index (Phi) is 7.24. The molecule has 0 aromatic heterocycles. The zero-order valence-corrected chi connectivity index (χ0v) is 15.0. The van der Waals surface area contributed by atoms with Crippen molar-refractivity contribution >= 4 is 17.7 Å².